The van der Waals surface area contributed by atoms with Gasteiger partial charge in [0.1, 0.15) is 5.15 Å². The summed E-state index contributed by atoms with van der Waals surface area (Å²) in [6, 6.07) is 8.44. The van der Waals surface area contributed by atoms with Gasteiger partial charge in [-0.2, -0.15) is 5.10 Å². The van der Waals surface area contributed by atoms with Crippen LogP contribution < -0.4 is 5.73 Å². The number of halogens is 1. The Hall–Kier alpha value is -1.52. The maximum Gasteiger partial charge on any atom is 0.131 e. The summed E-state index contributed by atoms with van der Waals surface area (Å²) in [7, 11) is 1.87. The Bertz CT molecular complexity index is 601. The molecule has 1 heterocycles. The number of nitrogen functional groups attached to an aromatic ring is 1. The van der Waals surface area contributed by atoms with Gasteiger partial charge in [0.15, 0.2) is 0 Å². The second kappa shape index (κ2) is 6.50. The van der Waals surface area contributed by atoms with E-state index in [9.17, 15) is 0 Å². The molecule has 0 radical (unpaired) electrons. The van der Waals surface area contributed by atoms with E-state index in [1.54, 1.807) is 4.68 Å². The Morgan fingerprint density at radius 2 is 1.86 bits per heavy atom. The van der Waals surface area contributed by atoms with Crippen LogP contribution in [-0.2, 0) is 20.1 Å². The van der Waals surface area contributed by atoms with Crippen LogP contribution in [0.1, 0.15) is 30.7 Å². The van der Waals surface area contributed by atoms with Crippen molar-refractivity contribution in [2.75, 3.05) is 5.73 Å². The standard InChI is InChI=1S/C16H23ClN4/c1-11(2)21(9-13-5-7-14(18)8-6-13)10-15-12(3)19-20(4)16(15)17/h5-8,11H,9-10,18H2,1-4H3. The van der Waals surface area contributed by atoms with Crippen molar-refractivity contribution in [3.05, 3.63) is 46.2 Å². The van der Waals surface area contributed by atoms with Crippen molar-refractivity contribution in [1.82, 2.24) is 14.7 Å². The first-order chi connectivity index (χ1) is 9.88. The molecule has 0 spiro atoms. The first-order valence-electron chi connectivity index (χ1n) is 7.15. The molecule has 2 aromatic rings. The molecule has 0 fully saturated rings. The third-order valence-corrected chi connectivity index (χ3v) is 4.20. The Balaban J connectivity index is 2.18. The SMILES string of the molecule is Cc1nn(C)c(Cl)c1CN(Cc1ccc(N)cc1)C(C)C. The van der Waals surface area contributed by atoms with E-state index in [-0.39, 0.29) is 0 Å². The molecular formula is C16H23ClN4. The summed E-state index contributed by atoms with van der Waals surface area (Å²) in [5.41, 5.74) is 9.87. The Morgan fingerprint density at radius 1 is 1.24 bits per heavy atom. The molecule has 0 atom stereocenters. The minimum absolute atomic E-state index is 0.415. The van der Waals surface area contributed by atoms with Crippen LogP contribution in [0.4, 0.5) is 5.69 Å². The van der Waals surface area contributed by atoms with Gasteiger partial charge in [0, 0.05) is 37.4 Å². The van der Waals surface area contributed by atoms with Gasteiger partial charge in [0.05, 0.1) is 5.69 Å². The van der Waals surface area contributed by atoms with Gasteiger partial charge in [-0.05, 0) is 38.5 Å². The molecule has 2 N–H and O–H groups in total. The summed E-state index contributed by atoms with van der Waals surface area (Å²) in [5, 5.41) is 5.10. The van der Waals surface area contributed by atoms with Gasteiger partial charge < -0.3 is 5.73 Å². The number of hydrogen-bond donors (Lipinski definition) is 1. The highest BCUT2D eigenvalue weighted by Gasteiger charge is 2.17. The number of rotatable bonds is 5. The van der Waals surface area contributed by atoms with E-state index in [2.05, 4.69) is 36.0 Å². The van der Waals surface area contributed by atoms with Crippen LogP contribution in [0.5, 0.6) is 0 Å². The van der Waals surface area contributed by atoms with Gasteiger partial charge in [0.2, 0.25) is 0 Å². The summed E-state index contributed by atoms with van der Waals surface area (Å²) >= 11 is 6.34. The fourth-order valence-corrected chi connectivity index (χ4v) is 2.57. The van der Waals surface area contributed by atoms with Crippen LogP contribution in [0.2, 0.25) is 5.15 Å². The molecule has 4 nitrogen and oxygen atoms in total. The lowest BCUT2D eigenvalue weighted by molar-refractivity contribution is 0.203. The second-order valence-corrected chi connectivity index (χ2v) is 6.08. The summed E-state index contributed by atoms with van der Waals surface area (Å²) in [6.07, 6.45) is 0. The maximum absolute atomic E-state index is 6.34. The van der Waals surface area contributed by atoms with Gasteiger partial charge in [-0.25, -0.2) is 0 Å². The smallest absolute Gasteiger partial charge is 0.131 e. The fraction of sp³-hybridized carbons (Fsp3) is 0.438. The molecule has 1 aromatic heterocycles. The highest BCUT2D eigenvalue weighted by molar-refractivity contribution is 6.30. The molecule has 0 saturated carbocycles. The molecule has 1 aromatic carbocycles. The number of hydrogen-bond acceptors (Lipinski definition) is 3. The second-order valence-electron chi connectivity index (χ2n) is 5.72. The molecule has 0 aliphatic rings. The highest BCUT2D eigenvalue weighted by atomic mass is 35.5. The third-order valence-electron chi connectivity index (χ3n) is 3.73. The molecule has 114 valence electrons. The van der Waals surface area contributed by atoms with Gasteiger partial charge >= 0.3 is 0 Å². The lowest BCUT2D eigenvalue weighted by Crippen LogP contribution is -2.30. The molecular weight excluding hydrogens is 284 g/mol. The number of aryl methyl sites for hydroxylation is 2. The zero-order valence-electron chi connectivity index (χ0n) is 13.1. The Kier molecular flexibility index (Phi) is 4.91. The normalized spacial score (nSPS) is 11.6. The number of aromatic nitrogens is 2. The van der Waals surface area contributed by atoms with E-state index in [0.29, 0.717) is 6.04 Å². The van der Waals surface area contributed by atoms with E-state index in [1.165, 1.54) is 5.56 Å². The molecule has 0 aliphatic heterocycles. The molecule has 0 bridgehead atoms. The van der Waals surface area contributed by atoms with Crippen LogP contribution in [0.25, 0.3) is 0 Å². The topological polar surface area (TPSA) is 47.1 Å². The molecule has 0 saturated heterocycles. The van der Waals surface area contributed by atoms with Crippen molar-refractivity contribution >= 4 is 17.3 Å². The number of nitrogens with zero attached hydrogens (tertiary/aromatic N) is 3. The van der Waals surface area contributed by atoms with Crippen LogP contribution in [0.3, 0.4) is 0 Å². The van der Waals surface area contributed by atoms with Crippen molar-refractivity contribution in [2.45, 2.75) is 39.9 Å². The van der Waals surface area contributed by atoms with Crippen molar-refractivity contribution in [2.24, 2.45) is 7.05 Å². The van der Waals surface area contributed by atoms with Crippen molar-refractivity contribution in [1.29, 1.82) is 0 Å². The van der Waals surface area contributed by atoms with Crippen molar-refractivity contribution in [3.63, 3.8) is 0 Å². The minimum atomic E-state index is 0.415. The Labute approximate surface area is 131 Å². The van der Waals surface area contributed by atoms with Gasteiger partial charge in [-0.15, -0.1) is 0 Å². The minimum Gasteiger partial charge on any atom is -0.399 e. The zero-order valence-corrected chi connectivity index (χ0v) is 13.9. The quantitative estimate of drug-likeness (QED) is 0.862. The highest BCUT2D eigenvalue weighted by Crippen LogP contribution is 2.22. The van der Waals surface area contributed by atoms with Crippen molar-refractivity contribution < 1.29 is 0 Å². The fourth-order valence-electron chi connectivity index (χ4n) is 2.34. The first-order valence-corrected chi connectivity index (χ1v) is 7.52. The zero-order chi connectivity index (χ0) is 15.6. The number of nitrogens with two attached hydrogens (primary N) is 1. The van der Waals surface area contributed by atoms with E-state index in [4.69, 9.17) is 17.3 Å². The summed E-state index contributed by atoms with van der Waals surface area (Å²) < 4.78 is 1.73. The molecule has 2 rings (SSSR count). The lowest BCUT2D eigenvalue weighted by atomic mass is 10.1. The summed E-state index contributed by atoms with van der Waals surface area (Å²) in [6.45, 7) is 8.04. The van der Waals surface area contributed by atoms with Gasteiger partial charge in [-0.3, -0.25) is 9.58 Å². The van der Waals surface area contributed by atoms with Crippen LogP contribution >= 0.6 is 11.6 Å². The van der Waals surface area contributed by atoms with Crippen LogP contribution in [0, 0.1) is 6.92 Å². The van der Waals surface area contributed by atoms with Crippen LogP contribution in [0.15, 0.2) is 24.3 Å². The van der Waals surface area contributed by atoms with Gasteiger partial charge in [-0.1, -0.05) is 23.7 Å². The molecule has 0 amide bonds. The van der Waals surface area contributed by atoms with Gasteiger partial charge in [0.25, 0.3) is 0 Å². The van der Waals surface area contributed by atoms with Crippen LogP contribution in [-0.4, -0.2) is 20.7 Å². The number of benzene rings is 1. The summed E-state index contributed by atoms with van der Waals surface area (Å²) in [5.74, 6) is 0. The molecule has 0 aliphatic carbocycles. The maximum atomic E-state index is 6.34. The Morgan fingerprint density at radius 3 is 2.33 bits per heavy atom. The molecule has 21 heavy (non-hydrogen) atoms. The summed E-state index contributed by atoms with van der Waals surface area (Å²) in [4.78, 5) is 2.38. The average Bonchev–Trinajstić information content (AvgIpc) is 2.66. The van der Waals surface area contributed by atoms with E-state index in [1.807, 2.05) is 26.1 Å². The lowest BCUT2D eigenvalue weighted by Gasteiger charge is -2.26. The largest absolute Gasteiger partial charge is 0.399 e. The average molecular weight is 307 g/mol. The van der Waals surface area contributed by atoms with E-state index >= 15 is 0 Å². The first kappa shape index (κ1) is 15.9. The predicted octanol–water partition coefficient (Wildman–Crippen LogP) is 3.37. The van der Waals surface area contributed by atoms with Crippen molar-refractivity contribution in [3.8, 4) is 0 Å². The monoisotopic (exact) mass is 306 g/mol. The molecule has 5 heteroatoms. The van der Waals surface area contributed by atoms with E-state index in [0.717, 1.165) is 35.2 Å². The predicted molar refractivity (Wildman–Crippen MR) is 88.2 cm³/mol. The number of anilines is 1. The molecule has 0 unspecified atom stereocenters. The van der Waals surface area contributed by atoms with E-state index < -0.39 is 0 Å². The third kappa shape index (κ3) is 3.77.